The molecule has 0 spiro atoms. The maximum absolute atomic E-state index is 4.65. The Morgan fingerprint density at radius 1 is 1.12 bits per heavy atom. The second kappa shape index (κ2) is 6.21. The van der Waals surface area contributed by atoms with Gasteiger partial charge in [-0.15, -0.1) is 0 Å². The molecule has 0 aliphatic carbocycles. The molecule has 0 unspecified atom stereocenters. The Balaban J connectivity index is 2.04. The Bertz CT molecular complexity index is 847. The van der Waals surface area contributed by atoms with Gasteiger partial charge in [0.2, 0.25) is 0 Å². The Hall–Kier alpha value is -1.87. The fourth-order valence-electron chi connectivity index (χ4n) is 3.15. The highest BCUT2D eigenvalue weighted by molar-refractivity contribution is 9.10. The predicted octanol–water partition coefficient (Wildman–Crippen LogP) is 6.14. The van der Waals surface area contributed by atoms with Gasteiger partial charge in [0.05, 0.1) is 11.2 Å². The Morgan fingerprint density at radius 3 is 2.54 bits per heavy atom. The zero-order chi connectivity index (χ0) is 17.5. The lowest BCUT2D eigenvalue weighted by Crippen LogP contribution is -2.42. The summed E-state index contributed by atoms with van der Waals surface area (Å²) in [5.41, 5.74) is 7.27. The first-order valence-electron chi connectivity index (χ1n) is 8.16. The van der Waals surface area contributed by atoms with E-state index in [0.29, 0.717) is 0 Å². The minimum absolute atomic E-state index is 0.0357. The summed E-state index contributed by atoms with van der Waals surface area (Å²) >= 11 is 3.55. The van der Waals surface area contributed by atoms with Crippen molar-refractivity contribution in [1.82, 2.24) is 0 Å². The summed E-state index contributed by atoms with van der Waals surface area (Å²) in [6.07, 6.45) is 4.29. The molecular formula is C21H23BrN2. The summed E-state index contributed by atoms with van der Waals surface area (Å²) in [5.74, 6) is 0. The quantitative estimate of drug-likeness (QED) is 0.569. The standard InChI is InChI=1S/C21H23BrN2/c1-14-10-20-17(15(2)12-21(3,4)24(20)5)11-16(14)13-23-19-9-7-6-8-18(19)22/h6-13H,1-5H3. The number of allylic oxidation sites excluding steroid dienone is 1. The van der Waals surface area contributed by atoms with Gasteiger partial charge in [0.25, 0.3) is 0 Å². The molecule has 1 aliphatic heterocycles. The summed E-state index contributed by atoms with van der Waals surface area (Å²) in [5, 5.41) is 0. The molecule has 0 N–H and O–H groups in total. The third-order valence-electron chi connectivity index (χ3n) is 4.80. The van der Waals surface area contributed by atoms with Gasteiger partial charge >= 0.3 is 0 Å². The van der Waals surface area contributed by atoms with Gasteiger partial charge in [0, 0.05) is 29.0 Å². The lowest BCUT2D eigenvalue weighted by molar-refractivity contribution is 0.597. The first-order valence-corrected chi connectivity index (χ1v) is 8.96. The van der Waals surface area contributed by atoms with Crippen molar-refractivity contribution in [3.63, 3.8) is 0 Å². The maximum atomic E-state index is 4.65. The van der Waals surface area contributed by atoms with E-state index in [0.717, 1.165) is 15.7 Å². The fraction of sp³-hybridized carbons (Fsp3) is 0.286. The Labute approximate surface area is 153 Å². The van der Waals surface area contributed by atoms with Crippen molar-refractivity contribution in [2.45, 2.75) is 33.2 Å². The van der Waals surface area contributed by atoms with Gasteiger partial charge in [-0.2, -0.15) is 0 Å². The summed E-state index contributed by atoms with van der Waals surface area (Å²) in [6, 6.07) is 12.5. The van der Waals surface area contributed by atoms with E-state index >= 15 is 0 Å². The van der Waals surface area contributed by atoms with Crippen LogP contribution in [0.1, 0.15) is 37.5 Å². The molecule has 2 nitrogen and oxygen atoms in total. The van der Waals surface area contributed by atoms with Crippen LogP contribution in [0.25, 0.3) is 5.57 Å². The van der Waals surface area contributed by atoms with E-state index in [4.69, 9.17) is 0 Å². The molecule has 2 aromatic rings. The van der Waals surface area contributed by atoms with Gasteiger partial charge < -0.3 is 4.90 Å². The average Bonchev–Trinajstić information content (AvgIpc) is 2.52. The van der Waals surface area contributed by atoms with Crippen molar-refractivity contribution in [1.29, 1.82) is 0 Å². The molecule has 0 bridgehead atoms. The van der Waals surface area contributed by atoms with E-state index in [2.05, 4.69) is 78.8 Å². The van der Waals surface area contributed by atoms with Crippen molar-refractivity contribution in [2.24, 2.45) is 4.99 Å². The molecule has 0 fully saturated rings. The third-order valence-corrected chi connectivity index (χ3v) is 5.47. The minimum atomic E-state index is 0.0357. The van der Waals surface area contributed by atoms with Crippen LogP contribution in [0.4, 0.5) is 11.4 Å². The average molecular weight is 383 g/mol. The first-order chi connectivity index (χ1) is 11.3. The molecule has 0 atom stereocenters. The molecule has 1 aliphatic rings. The van der Waals surface area contributed by atoms with Crippen LogP contribution in [0.2, 0.25) is 0 Å². The van der Waals surface area contributed by atoms with E-state index in [-0.39, 0.29) is 5.54 Å². The van der Waals surface area contributed by atoms with Crippen LogP contribution in [0, 0.1) is 6.92 Å². The van der Waals surface area contributed by atoms with Gasteiger partial charge in [-0.3, -0.25) is 4.99 Å². The number of nitrogens with zero attached hydrogens (tertiary/aromatic N) is 2. The lowest BCUT2D eigenvalue weighted by atomic mass is 9.87. The smallest absolute Gasteiger partial charge is 0.0771 e. The maximum Gasteiger partial charge on any atom is 0.0771 e. The van der Waals surface area contributed by atoms with Crippen LogP contribution in [0.5, 0.6) is 0 Å². The number of hydrogen-bond acceptors (Lipinski definition) is 2. The second-order valence-electron chi connectivity index (χ2n) is 6.98. The van der Waals surface area contributed by atoms with E-state index < -0.39 is 0 Å². The van der Waals surface area contributed by atoms with Crippen molar-refractivity contribution in [2.75, 3.05) is 11.9 Å². The van der Waals surface area contributed by atoms with Crippen molar-refractivity contribution < 1.29 is 0 Å². The molecule has 0 saturated carbocycles. The molecule has 3 heteroatoms. The number of fused-ring (bicyclic) bond motifs is 1. The van der Waals surface area contributed by atoms with E-state index in [1.165, 1.54) is 22.4 Å². The number of benzene rings is 2. The number of rotatable bonds is 2. The summed E-state index contributed by atoms with van der Waals surface area (Å²) in [7, 11) is 2.16. The minimum Gasteiger partial charge on any atom is -0.365 e. The van der Waals surface area contributed by atoms with Gasteiger partial charge in [-0.05, 0) is 84.6 Å². The summed E-state index contributed by atoms with van der Waals surface area (Å²) < 4.78 is 1.01. The number of para-hydroxylation sites is 1. The predicted molar refractivity (Wildman–Crippen MR) is 109 cm³/mol. The van der Waals surface area contributed by atoms with Crippen molar-refractivity contribution in [3.05, 3.63) is 63.6 Å². The molecular weight excluding hydrogens is 360 g/mol. The van der Waals surface area contributed by atoms with E-state index in [1.54, 1.807) is 0 Å². The molecule has 24 heavy (non-hydrogen) atoms. The highest BCUT2D eigenvalue weighted by Gasteiger charge is 2.28. The summed E-state index contributed by atoms with van der Waals surface area (Å²) in [6.45, 7) is 8.84. The molecule has 0 radical (unpaired) electrons. The SMILES string of the molecule is CC1=CC(C)(C)N(C)c2cc(C)c(C=Nc3ccccc3Br)cc21. The Morgan fingerprint density at radius 2 is 1.83 bits per heavy atom. The van der Waals surface area contributed by atoms with Gasteiger partial charge in [0.1, 0.15) is 0 Å². The molecule has 124 valence electrons. The molecule has 0 amide bonds. The number of anilines is 1. The molecule has 0 aromatic heterocycles. The Kier molecular flexibility index (Phi) is 4.39. The van der Waals surface area contributed by atoms with Crippen LogP contribution in [0.15, 0.2) is 51.9 Å². The fourth-order valence-corrected chi connectivity index (χ4v) is 3.54. The zero-order valence-electron chi connectivity index (χ0n) is 14.9. The third kappa shape index (κ3) is 3.05. The van der Waals surface area contributed by atoms with Crippen LogP contribution in [-0.2, 0) is 0 Å². The van der Waals surface area contributed by atoms with Crippen LogP contribution in [-0.4, -0.2) is 18.8 Å². The van der Waals surface area contributed by atoms with Gasteiger partial charge in [-0.25, -0.2) is 0 Å². The summed E-state index contributed by atoms with van der Waals surface area (Å²) in [4.78, 5) is 7.00. The highest BCUT2D eigenvalue weighted by atomic mass is 79.9. The van der Waals surface area contributed by atoms with Crippen LogP contribution >= 0.6 is 15.9 Å². The normalized spacial score (nSPS) is 16.2. The lowest BCUT2D eigenvalue weighted by Gasteiger charge is -2.41. The van der Waals surface area contributed by atoms with Crippen LogP contribution < -0.4 is 4.90 Å². The van der Waals surface area contributed by atoms with E-state index in [9.17, 15) is 0 Å². The van der Waals surface area contributed by atoms with Gasteiger partial charge in [-0.1, -0.05) is 18.2 Å². The monoisotopic (exact) mass is 382 g/mol. The van der Waals surface area contributed by atoms with Gasteiger partial charge in [0.15, 0.2) is 0 Å². The second-order valence-corrected chi connectivity index (χ2v) is 7.83. The highest BCUT2D eigenvalue weighted by Crippen LogP contribution is 2.39. The molecule has 0 saturated heterocycles. The number of aryl methyl sites for hydroxylation is 1. The number of halogens is 1. The number of hydrogen-bond donors (Lipinski definition) is 0. The van der Waals surface area contributed by atoms with E-state index in [1.807, 2.05) is 30.5 Å². The largest absolute Gasteiger partial charge is 0.365 e. The zero-order valence-corrected chi connectivity index (χ0v) is 16.5. The molecule has 3 rings (SSSR count). The van der Waals surface area contributed by atoms with Crippen LogP contribution in [0.3, 0.4) is 0 Å². The number of aliphatic imine (C=N–C) groups is 1. The number of likely N-dealkylation sites (N-methyl/N-ethyl adjacent to an activating group) is 1. The molecule has 1 heterocycles. The first kappa shape index (κ1) is 17.0. The van der Waals surface area contributed by atoms with Crippen molar-refractivity contribution >= 4 is 39.1 Å². The molecule has 2 aromatic carbocycles. The van der Waals surface area contributed by atoms with Crippen molar-refractivity contribution in [3.8, 4) is 0 Å². The topological polar surface area (TPSA) is 15.6 Å².